The molecule has 0 aliphatic carbocycles. The molecule has 2 nitrogen and oxygen atoms in total. The molecule has 34 valence electrons. The van der Waals surface area contributed by atoms with E-state index in [9.17, 15) is 9.59 Å². The number of hydrogen-bond acceptors (Lipinski definition) is 2. The zero-order valence-electron chi connectivity index (χ0n) is 2.98. The monoisotopic (exact) mass is 198 g/mol. The number of Topliss-reactive ketones (excluding diaryl/α,β-unsaturated/α-hetero) is 1. The Kier molecular flexibility index (Phi) is 3.31. The van der Waals surface area contributed by atoms with Crippen molar-refractivity contribution >= 4 is 34.7 Å². The molecule has 0 aromatic heterocycles. The van der Waals surface area contributed by atoms with E-state index in [0.29, 0.717) is 10.7 Å². The Morgan fingerprint density at radius 1 is 1.83 bits per heavy atom. The topological polar surface area (TPSA) is 34.1 Å². The maximum atomic E-state index is 9.80. The summed E-state index contributed by atoms with van der Waals surface area (Å²) in [6.07, 6.45) is 0.326. The molecule has 0 aromatic rings. The number of alkyl halides is 1. The van der Waals surface area contributed by atoms with Crippen LogP contribution < -0.4 is 0 Å². The van der Waals surface area contributed by atoms with E-state index in [1.54, 1.807) is 0 Å². The molecule has 0 saturated carbocycles. The second kappa shape index (κ2) is 3.27. The van der Waals surface area contributed by atoms with Gasteiger partial charge in [0.2, 0.25) is 5.78 Å². The standard InChI is InChI=1S/C3H3IO2/c4-1-3(6)2-5/h2H,1H2. The van der Waals surface area contributed by atoms with Gasteiger partial charge in [0.15, 0.2) is 6.29 Å². The van der Waals surface area contributed by atoms with Gasteiger partial charge in [-0.25, -0.2) is 0 Å². The maximum Gasteiger partial charge on any atom is 0.204 e. The van der Waals surface area contributed by atoms with E-state index in [2.05, 4.69) is 0 Å². The van der Waals surface area contributed by atoms with Gasteiger partial charge in [-0.3, -0.25) is 9.59 Å². The molecule has 6 heavy (non-hydrogen) atoms. The Morgan fingerprint density at radius 2 is 2.33 bits per heavy atom. The van der Waals surface area contributed by atoms with Crippen molar-refractivity contribution in [3.05, 3.63) is 0 Å². The molecule has 0 heterocycles. The molecule has 0 aromatic carbocycles. The Balaban J connectivity index is 3.23. The van der Waals surface area contributed by atoms with Gasteiger partial charge >= 0.3 is 0 Å². The lowest BCUT2D eigenvalue weighted by Crippen LogP contribution is -1.97. The molecule has 3 heteroatoms. The van der Waals surface area contributed by atoms with Crippen molar-refractivity contribution in [3.63, 3.8) is 0 Å². The van der Waals surface area contributed by atoms with Crippen LogP contribution in [0.15, 0.2) is 0 Å². The fraction of sp³-hybridized carbons (Fsp3) is 0.333. The number of rotatable bonds is 2. The number of aldehydes is 1. The van der Waals surface area contributed by atoms with Gasteiger partial charge in [0, 0.05) is 0 Å². The Hall–Kier alpha value is 0.0700. The first-order valence-electron chi connectivity index (χ1n) is 1.35. The van der Waals surface area contributed by atoms with Crippen LogP contribution in [0.3, 0.4) is 0 Å². The number of carbonyl (C=O) groups excluding carboxylic acids is 2. The highest BCUT2D eigenvalue weighted by Crippen LogP contribution is 1.76. The van der Waals surface area contributed by atoms with Crippen molar-refractivity contribution in [2.24, 2.45) is 0 Å². The summed E-state index contributed by atoms with van der Waals surface area (Å²) in [5.41, 5.74) is 0. The van der Waals surface area contributed by atoms with Crippen molar-refractivity contribution in [1.82, 2.24) is 0 Å². The predicted molar refractivity (Wildman–Crippen MR) is 30.0 cm³/mol. The molecule has 0 amide bonds. The highest BCUT2D eigenvalue weighted by Gasteiger charge is 1.88. The van der Waals surface area contributed by atoms with E-state index in [1.807, 2.05) is 22.6 Å². The van der Waals surface area contributed by atoms with Gasteiger partial charge in [-0.15, -0.1) is 0 Å². The molecule has 0 unspecified atom stereocenters. The van der Waals surface area contributed by atoms with Crippen LogP contribution in [0.5, 0.6) is 0 Å². The summed E-state index contributed by atoms with van der Waals surface area (Å²) >= 11 is 1.83. The predicted octanol–water partition coefficient (Wildman–Crippen LogP) is 0.189. The molecular formula is C3H3IO2. The molecular weight excluding hydrogens is 195 g/mol. The van der Waals surface area contributed by atoms with E-state index >= 15 is 0 Å². The smallest absolute Gasteiger partial charge is 0.204 e. The van der Waals surface area contributed by atoms with Crippen LogP contribution in [0.2, 0.25) is 0 Å². The number of hydrogen-bond donors (Lipinski definition) is 0. The quantitative estimate of drug-likeness (QED) is 0.274. The average Bonchev–Trinajstić information content (AvgIpc) is 1.65. The molecule has 0 atom stereocenters. The van der Waals surface area contributed by atoms with Crippen LogP contribution in [0.25, 0.3) is 0 Å². The van der Waals surface area contributed by atoms with Gasteiger partial charge in [0.25, 0.3) is 0 Å². The van der Waals surface area contributed by atoms with Crippen molar-refractivity contribution in [3.8, 4) is 0 Å². The van der Waals surface area contributed by atoms with Crippen LogP contribution in [-0.4, -0.2) is 16.5 Å². The molecule has 0 fully saturated rings. The fourth-order valence-corrected chi connectivity index (χ4v) is 0.211. The van der Waals surface area contributed by atoms with Gasteiger partial charge in [0.1, 0.15) is 0 Å². The first-order valence-corrected chi connectivity index (χ1v) is 2.87. The summed E-state index contributed by atoms with van der Waals surface area (Å²) < 4.78 is 0.293. The van der Waals surface area contributed by atoms with Crippen LogP contribution in [0.4, 0.5) is 0 Å². The van der Waals surface area contributed by atoms with Gasteiger partial charge in [-0.05, 0) is 0 Å². The Bertz CT molecular complexity index is 69.2. The van der Waals surface area contributed by atoms with Crippen molar-refractivity contribution < 1.29 is 9.59 Å². The SMILES string of the molecule is O=CC(=O)CI. The summed E-state index contributed by atoms with van der Waals surface area (Å²) in [4.78, 5) is 19.2. The first kappa shape index (κ1) is 6.07. The minimum Gasteiger partial charge on any atom is -0.295 e. The molecule has 0 N–H and O–H groups in total. The van der Waals surface area contributed by atoms with E-state index in [0.717, 1.165) is 0 Å². The summed E-state index contributed by atoms with van der Waals surface area (Å²) in [5, 5.41) is 0. The van der Waals surface area contributed by atoms with E-state index in [4.69, 9.17) is 0 Å². The van der Waals surface area contributed by atoms with Gasteiger partial charge in [-0.1, -0.05) is 22.6 Å². The molecule has 0 aliphatic rings. The number of ketones is 1. The second-order valence-electron chi connectivity index (χ2n) is 0.718. The minimum absolute atomic E-state index is 0.293. The molecule has 0 saturated heterocycles. The second-order valence-corrected chi connectivity index (χ2v) is 1.48. The van der Waals surface area contributed by atoms with Crippen LogP contribution >= 0.6 is 22.6 Å². The van der Waals surface area contributed by atoms with Gasteiger partial charge < -0.3 is 0 Å². The van der Waals surface area contributed by atoms with Crippen LogP contribution in [-0.2, 0) is 9.59 Å². The summed E-state index contributed by atoms with van der Waals surface area (Å²) in [6, 6.07) is 0. The number of halogens is 1. The lowest BCUT2D eigenvalue weighted by Gasteiger charge is -1.69. The van der Waals surface area contributed by atoms with E-state index in [1.165, 1.54) is 0 Å². The molecule has 0 rings (SSSR count). The molecule has 0 bridgehead atoms. The molecule has 0 aliphatic heterocycles. The third-order valence-corrected chi connectivity index (χ3v) is 1.01. The van der Waals surface area contributed by atoms with Crippen molar-refractivity contribution in [1.29, 1.82) is 0 Å². The average molecular weight is 198 g/mol. The summed E-state index contributed by atoms with van der Waals surface area (Å²) in [5.74, 6) is -0.351. The fourth-order valence-electron chi connectivity index (χ4n) is 0.0315. The highest BCUT2D eigenvalue weighted by atomic mass is 127. The van der Waals surface area contributed by atoms with E-state index in [-0.39, 0.29) is 5.78 Å². The highest BCUT2D eigenvalue weighted by molar-refractivity contribution is 14.1. The van der Waals surface area contributed by atoms with Crippen molar-refractivity contribution in [2.45, 2.75) is 0 Å². The van der Waals surface area contributed by atoms with Crippen LogP contribution in [0, 0.1) is 0 Å². The first-order chi connectivity index (χ1) is 2.81. The summed E-state index contributed by atoms with van der Waals surface area (Å²) in [7, 11) is 0. The lowest BCUT2D eigenvalue weighted by atomic mass is 10.5. The third kappa shape index (κ3) is 2.32. The number of carbonyl (C=O) groups is 2. The normalized spacial score (nSPS) is 7.50. The summed E-state index contributed by atoms with van der Waals surface area (Å²) in [6.45, 7) is 0. The largest absolute Gasteiger partial charge is 0.295 e. The Labute approximate surface area is 49.1 Å². The third-order valence-electron chi connectivity index (χ3n) is 0.263. The molecule has 0 radical (unpaired) electrons. The van der Waals surface area contributed by atoms with Gasteiger partial charge in [0.05, 0.1) is 4.43 Å². The minimum atomic E-state index is -0.351. The zero-order valence-corrected chi connectivity index (χ0v) is 5.14. The maximum absolute atomic E-state index is 9.80. The zero-order chi connectivity index (χ0) is 4.99. The Morgan fingerprint density at radius 3 is 2.33 bits per heavy atom. The lowest BCUT2D eigenvalue weighted by molar-refractivity contribution is -0.127. The van der Waals surface area contributed by atoms with Crippen LogP contribution in [0.1, 0.15) is 0 Å². The van der Waals surface area contributed by atoms with Gasteiger partial charge in [-0.2, -0.15) is 0 Å². The van der Waals surface area contributed by atoms with E-state index < -0.39 is 0 Å². The van der Waals surface area contributed by atoms with Crippen molar-refractivity contribution in [2.75, 3.05) is 4.43 Å². The molecule has 0 spiro atoms.